The second kappa shape index (κ2) is 4.04. The summed E-state index contributed by atoms with van der Waals surface area (Å²) in [5, 5.41) is 15.2. The zero-order chi connectivity index (χ0) is 13.0. The van der Waals surface area contributed by atoms with Crippen LogP contribution in [0.2, 0.25) is 0 Å². The molecule has 2 aromatic rings. The molecule has 0 aromatic carbocycles. The minimum Gasteiger partial charge on any atom is -0.394 e. The number of aliphatic hydroxyl groups is 1. The summed E-state index contributed by atoms with van der Waals surface area (Å²) in [6.45, 7) is 3.14. The van der Waals surface area contributed by atoms with Gasteiger partial charge in [-0.3, -0.25) is 4.40 Å². The summed E-state index contributed by atoms with van der Waals surface area (Å²) in [5.41, 5.74) is 3.82. The van der Waals surface area contributed by atoms with Gasteiger partial charge in [0.05, 0.1) is 18.0 Å². The summed E-state index contributed by atoms with van der Waals surface area (Å²) < 4.78 is 2.35. The molecule has 19 heavy (non-hydrogen) atoms. The maximum Gasteiger partial charge on any atom is 0.194 e. The monoisotopic (exact) mass is 277 g/mol. The summed E-state index contributed by atoms with van der Waals surface area (Å²) in [6.07, 6.45) is 4.81. The van der Waals surface area contributed by atoms with Crippen LogP contribution in [0.1, 0.15) is 48.7 Å². The number of nitrogens with zero attached hydrogens (tertiary/aromatic N) is 2. The van der Waals surface area contributed by atoms with Crippen LogP contribution >= 0.6 is 11.3 Å². The lowest BCUT2D eigenvalue weighted by Gasteiger charge is -2.14. The molecule has 102 valence electrons. The zero-order valence-electron chi connectivity index (χ0n) is 11.1. The Morgan fingerprint density at radius 3 is 2.95 bits per heavy atom. The Bertz CT molecular complexity index is 622. The molecule has 0 atom stereocenters. The number of rotatable bonds is 5. The van der Waals surface area contributed by atoms with Crippen LogP contribution in [0.25, 0.3) is 4.96 Å². The number of aromatic nitrogens is 2. The van der Waals surface area contributed by atoms with Gasteiger partial charge >= 0.3 is 0 Å². The predicted octanol–water partition coefficient (Wildman–Crippen LogP) is 2.20. The summed E-state index contributed by atoms with van der Waals surface area (Å²) in [7, 11) is 0. The smallest absolute Gasteiger partial charge is 0.194 e. The Labute approximate surface area is 116 Å². The minimum absolute atomic E-state index is 0.00758. The normalized spacial score (nSPS) is 21.2. The quantitative estimate of drug-likeness (QED) is 0.881. The third-order valence-electron chi connectivity index (χ3n) is 4.47. The molecule has 2 aliphatic carbocycles. The van der Waals surface area contributed by atoms with E-state index < -0.39 is 0 Å². The number of hydrogen-bond donors (Lipinski definition) is 2. The summed E-state index contributed by atoms with van der Waals surface area (Å²) in [6, 6.07) is 0. The fourth-order valence-electron chi connectivity index (χ4n) is 2.72. The third kappa shape index (κ3) is 1.91. The largest absolute Gasteiger partial charge is 0.394 e. The van der Waals surface area contributed by atoms with E-state index in [1.165, 1.54) is 24.2 Å². The zero-order valence-corrected chi connectivity index (χ0v) is 12.0. The molecule has 2 N–H and O–H groups in total. The van der Waals surface area contributed by atoms with Gasteiger partial charge in [0.15, 0.2) is 4.96 Å². The molecule has 2 heterocycles. The summed E-state index contributed by atoms with van der Waals surface area (Å²) in [5.74, 6) is 0.744. The molecule has 0 aliphatic heterocycles. The molecule has 0 amide bonds. The van der Waals surface area contributed by atoms with Gasteiger partial charge in [-0.2, -0.15) is 0 Å². The van der Waals surface area contributed by atoms with Crippen LogP contribution in [0.15, 0.2) is 5.38 Å². The van der Waals surface area contributed by atoms with Gasteiger partial charge in [0.1, 0.15) is 0 Å². The minimum atomic E-state index is -0.00758. The number of imidazole rings is 1. The first-order valence-corrected chi connectivity index (χ1v) is 7.92. The van der Waals surface area contributed by atoms with E-state index in [0.29, 0.717) is 0 Å². The van der Waals surface area contributed by atoms with E-state index in [0.717, 1.165) is 36.0 Å². The van der Waals surface area contributed by atoms with E-state index in [9.17, 15) is 5.11 Å². The molecule has 0 unspecified atom stereocenters. The van der Waals surface area contributed by atoms with Crippen molar-refractivity contribution >= 4 is 16.3 Å². The van der Waals surface area contributed by atoms with Crippen LogP contribution in [0.5, 0.6) is 0 Å². The van der Waals surface area contributed by atoms with Crippen molar-refractivity contribution < 1.29 is 5.11 Å². The second-order valence-corrected chi connectivity index (χ2v) is 6.83. The maximum absolute atomic E-state index is 9.40. The molecular formula is C14H19N3OS. The molecule has 0 bridgehead atoms. The van der Waals surface area contributed by atoms with Crippen molar-refractivity contribution in [1.82, 2.24) is 14.7 Å². The lowest BCUT2D eigenvalue weighted by atomic mass is 10.2. The Hall–Kier alpha value is -0.910. The van der Waals surface area contributed by atoms with Gasteiger partial charge < -0.3 is 10.4 Å². The van der Waals surface area contributed by atoms with Crippen LogP contribution in [-0.2, 0) is 6.54 Å². The van der Waals surface area contributed by atoms with Gasteiger partial charge in [-0.05, 0) is 32.6 Å². The van der Waals surface area contributed by atoms with E-state index in [1.807, 2.05) is 0 Å². The Kier molecular flexibility index (Phi) is 2.53. The summed E-state index contributed by atoms with van der Waals surface area (Å²) in [4.78, 5) is 5.79. The van der Waals surface area contributed by atoms with Gasteiger partial charge in [0.25, 0.3) is 0 Å². The second-order valence-electron chi connectivity index (χ2n) is 5.99. The van der Waals surface area contributed by atoms with E-state index in [2.05, 4.69) is 27.0 Å². The highest BCUT2D eigenvalue weighted by Crippen LogP contribution is 2.42. The molecule has 4 rings (SSSR count). The van der Waals surface area contributed by atoms with Crippen molar-refractivity contribution in [3.05, 3.63) is 22.5 Å². The fourth-order valence-corrected chi connectivity index (χ4v) is 3.76. The first-order chi connectivity index (χ1) is 9.22. The molecule has 0 saturated heterocycles. The lowest BCUT2D eigenvalue weighted by molar-refractivity contribution is 0.229. The third-order valence-corrected chi connectivity index (χ3v) is 5.31. The van der Waals surface area contributed by atoms with Gasteiger partial charge in [0.2, 0.25) is 0 Å². The lowest BCUT2D eigenvalue weighted by Crippen LogP contribution is -2.34. The molecular weight excluding hydrogens is 258 g/mol. The molecule has 0 radical (unpaired) electrons. The number of aryl methyl sites for hydroxylation is 1. The van der Waals surface area contributed by atoms with Crippen molar-refractivity contribution in [3.8, 4) is 0 Å². The van der Waals surface area contributed by atoms with E-state index in [4.69, 9.17) is 0 Å². The van der Waals surface area contributed by atoms with Crippen molar-refractivity contribution in [2.75, 3.05) is 6.61 Å². The predicted molar refractivity (Wildman–Crippen MR) is 75.7 cm³/mol. The summed E-state index contributed by atoms with van der Waals surface area (Å²) >= 11 is 1.75. The van der Waals surface area contributed by atoms with E-state index in [-0.39, 0.29) is 12.1 Å². The number of nitrogens with one attached hydrogen (secondary N) is 1. The number of thiazole rings is 1. The van der Waals surface area contributed by atoms with Gasteiger partial charge in [-0.1, -0.05) is 0 Å². The van der Waals surface area contributed by atoms with Crippen LogP contribution in [0.4, 0.5) is 0 Å². The van der Waals surface area contributed by atoms with Crippen LogP contribution in [0.3, 0.4) is 0 Å². The highest BCUT2D eigenvalue weighted by molar-refractivity contribution is 7.15. The highest BCUT2D eigenvalue weighted by atomic mass is 32.1. The highest BCUT2D eigenvalue weighted by Gasteiger charge is 2.41. The average Bonchev–Trinajstić information content (AvgIpc) is 3.30. The van der Waals surface area contributed by atoms with Crippen molar-refractivity contribution in [2.45, 2.75) is 50.6 Å². The molecule has 4 nitrogen and oxygen atoms in total. The number of aliphatic hydroxyl groups excluding tert-OH is 1. The Morgan fingerprint density at radius 2 is 2.32 bits per heavy atom. The molecule has 2 aromatic heterocycles. The standard InChI is InChI=1S/C14H19N3OS/c1-9-11(6-15-14(8-18)4-5-14)17-12(10-2-3-10)7-19-13(17)16-9/h7,10,15,18H,2-6,8H2,1H3. The van der Waals surface area contributed by atoms with Crippen LogP contribution in [-0.4, -0.2) is 26.6 Å². The molecule has 5 heteroatoms. The van der Waals surface area contributed by atoms with Crippen molar-refractivity contribution in [3.63, 3.8) is 0 Å². The van der Waals surface area contributed by atoms with Gasteiger partial charge in [0, 0.05) is 29.1 Å². The first-order valence-electron chi connectivity index (χ1n) is 7.04. The van der Waals surface area contributed by atoms with Gasteiger partial charge in [-0.15, -0.1) is 11.3 Å². The molecule has 2 saturated carbocycles. The van der Waals surface area contributed by atoms with E-state index >= 15 is 0 Å². The topological polar surface area (TPSA) is 49.6 Å². The molecule has 0 spiro atoms. The number of fused-ring (bicyclic) bond motifs is 1. The van der Waals surface area contributed by atoms with Crippen molar-refractivity contribution in [2.24, 2.45) is 0 Å². The average molecular weight is 277 g/mol. The molecule has 2 fully saturated rings. The SMILES string of the molecule is Cc1nc2scc(C3CC3)n2c1CNC1(CO)CC1. The van der Waals surface area contributed by atoms with Crippen LogP contribution in [0, 0.1) is 6.92 Å². The first kappa shape index (κ1) is 11.9. The maximum atomic E-state index is 9.40. The van der Waals surface area contributed by atoms with Gasteiger partial charge in [-0.25, -0.2) is 4.98 Å². The number of hydrogen-bond acceptors (Lipinski definition) is 4. The Balaban J connectivity index is 1.67. The van der Waals surface area contributed by atoms with Crippen molar-refractivity contribution in [1.29, 1.82) is 0 Å². The Morgan fingerprint density at radius 1 is 1.53 bits per heavy atom. The van der Waals surface area contributed by atoms with E-state index in [1.54, 1.807) is 11.3 Å². The van der Waals surface area contributed by atoms with Crippen LogP contribution < -0.4 is 5.32 Å². The molecule has 2 aliphatic rings. The fraction of sp³-hybridized carbons (Fsp3) is 0.643.